The smallest absolute Gasteiger partial charge is 0.245 e. The van der Waals surface area contributed by atoms with E-state index >= 15 is 0 Å². The molecule has 0 radical (unpaired) electrons. The maximum Gasteiger partial charge on any atom is 0.245 e. The largest absolute Gasteiger partial charge is 0.497 e. The zero-order valence-electron chi connectivity index (χ0n) is 20.0. The molecule has 9 heteroatoms. The van der Waals surface area contributed by atoms with Crippen molar-refractivity contribution in [2.45, 2.75) is 63.3 Å². The van der Waals surface area contributed by atoms with Crippen LogP contribution in [0.5, 0.6) is 5.75 Å². The molecule has 1 atom stereocenters. The Morgan fingerprint density at radius 1 is 0.970 bits per heavy atom. The van der Waals surface area contributed by atoms with Crippen LogP contribution < -0.4 is 10.1 Å². The van der Waals surface area contributed by atoms with E-state index in [-0.39, 0.29) is 41.6 Å². The molecular weight excluding hydrogens is 442 g/mol. The molecule has 0 bridgehead atoms. The van der Waals surface area contributed by atoms with Crippen LogP contribution in [-0.2, 0) is 19.6 Å². The van der Waals surface area contributed by atoms with Crippen molar-refractivity contribution in [1.29, 1.82) is 0 Å². The molecule has 33 heavy (non-hydrogen) atoms. The number of nitrogens with one attached hydrogen (secondary N) is 1. The minimum atomic E-state index is -3.62. The standard InChI is InChI=1S/C24H37N3O5S/c1-18(2)22(24(29)26-14-6-4-5-7-15-26)25-23(28)19-12-16-27(17-13-19)33(30,31)21-10-8-20(32-3)9-11-21/h8-11,18-19,22H,4-7,12-17H2,1-3H3,(H,25,28)/t22-/m1/s1. The van der Waals surface area contributed by atoms with Gasteiger partial charge < -0.3 is 15.0 Å². The Hall–Kier alpha value is -2.13. The first-order valence-electron chi connectivity index (χ1n) is 12.0. The molecule has 2 amide bonds. The van der Waals surface area contributed by atoms with Crippen LogP contribution >= 0.6 is 0 Å². The van der Waals surface area contributed by atoms with E-state index in [1.165, 1.54) is 23.5 Å². The van der Waals surface area contributed by atoms with E-state index in [0.717, 1.165) is 38.8 Å². The van der Waals surface area contributed by atoms with Gasteiger partial charge in [0.25, 0.3) is 0 Å². The minimum Gasteiger partial charge on any atom is -0.497 e. The molecule has 2 aliphatic heterocycles. The maximum atomic E-state index is 13.1. The summed E-state index contributed by atoms with van der Waals surface area (Å²) in [6.45, 7) is 5.95. The highest BCUT2D eigenvalue weighted by Gasteiger charge is 2.35. The highest BCUT2D eigenvalue weighted by Crippen LogP contribution is 2.25. The van der Waals surface area contributed by atoms with E-state index in [1.807, 2.05) is 18.7 Å². The van der Waals surface area contributed by atoms with Crippen molar-refractivity contribution in [2.24, 2.45) is 11.8 Å². The normalized spacial score (nSPS) is 19.7. The van der Waals surface area contributed by atoms with Crippen LogP contribution in [0.3, 0.4) is 0 Å². The molecule has 2 saturated heterocycles. The molecule has 1 aromatic rings. The van der Waals surface area contributed by atoms with Crippen molar-refractivity contribution in [3.63, 3.8) is 0 Å². The summed E-state index contributed by atoms with van der Waals surface area (Å²) in [5, 5.41) is 2.99. The third kappa shape index (κ3) is 6.26. The topological polar surface area (TPSA) is 96.0 Å². The molecule has 1 N–H and O–H groups in total. The molecule has 2 fully saturated rings. The highest BCUT2D eigenvalue weighted by atomic mass is 32.2. The second kappa shape index (κ2) is 11.3. The van der Waals surface area contributed by atoms with Crippen LogP contribution in [0.25, 0.3) is 0 Å². The van der Waals surface area contributed by atoms with E-state index in [4.69, 9.17) is 4.74 Å². The summed E-state index contributed by atoms with van der Waals surface area (Å²) in [7, 11) is -2.09. The van der Waals surface area contributed by atoms with Gasteiger partial charge in [0.05, 0.1) is 12.0 Å². The molecule has 0 spiro atoms. The lowest BCUT2D eigenvalue weighted by Gasteiger charge is -2.33. The van der Waals surface area contributed by atoms with Crippen molar-refractivity contribution in [1.82, 2.24) is 14.5 Å². The van der Waals surface area contributed by atoms with Crippen molar-refractivity contribution < 1.29 is 22.7 Å². The number of hydrogen-bond donors (Lipinski definition) is 1. The number of benzene rings is 1. The summed E-state index contributed by atoms with van der Waals surface area (Å²) in [6, 6.07) is 5.78. The van der Waals surface area contributed by atoms with Gasteiger partial charge in [0.2, 0.25) is 21.8 Å². The number of likely N-dealkylation sites (tertiary alicyclic amines) is 1. The molecule has 0 saturated carbocycles. The summed E-state index contributed by atoms with van der Waals surface area (Å²) in [6.07, 6.45) is 5.16. The lowest BCUT2D eigenvalue weighted by Crippen LogP contribution is -2.53. The molecule has 184 valence electrons. The Kier molecular flexibility index (Phi) is 8.75. The van der Waals surface area contributed by atoms with Gasteiger partial charge in [-0.25, -0.2) is 8.42 Å². The Bertz CT molecular complexity index is 901. The molecule has 0 aliphatic carbocycles. The van der Waals surface area contributed by atoms with Crippen molar-refractivity contribution in [3.05, 3.63) is 24.3 Å². The van der Waals surface area contributed by atoms with E-state index in [0.29, 0.717) is 18.6 Å². The summed E-state index contributed by atoms with van der Waals surface area (Å²) in [4.78, 5) is 28.2. The number of rotatable bonds is 7. The molecule has 0 unspecified atom stereocenters. The number of sulfonamides is 1. The lowest BCUT2D eigenvalue weighted by molar-refractivity contribution is -0.139. The lowest BCUT2D eigenvalue weighted by atomic mass is 9.95. The van der Waals surface area contributed by atoms with Gasteiger partial charge in [0.15, 0.2) is 0 Å². The number of ether oxygens (including phenoxy) is 1. The highest BCUT2D eigenvalue weighted by molar-refractivity contribution is 7.89. The first-order chi connectivity index (χ1) is 15.7. The Labute approximate surface area is 197 Å². The van der Waals surface area contributed by atoms with E-state index < -0.39 is 16.1 Å². The predicted molar refractivity (Wildman–Crippen MR) is 126 cm³/mol. The predicted octanol–water partition coefficient (Wildman–Crippen LogP) is 2.64. The van der Waals surface area contributed by atoms with E-state index in [1.54, 1.807) is 12.1 Å². The van der Waals surface area contributed by atoms with Gasteiger partial charge in [-0.3, -0.25) is 9.59 Å². The quantitative estimate of drug-likeness (QED) is 0.649. The Balaban J connectivity index is 1.58. The first-order valence-corrected chi connectivity index (χ1v) is 13.4. The molecule has 1 aromatic carbocycles. The monoisotopic (exact) mass is 479 g/mol. The second-order valence-corrected chi connectivity index (χ2v) is 11.3. The summed E-state index contributed by atoms with van der Waals surface area (Å²) in [5.74, 6) is 0.127. The SMILES string of the molecule is COc1ccc(S(=O)(=O)N2CCC(C(=O)N[C@@H](C(=O)N3CCCCCC3)C(C)C)CC2)cc1. The minimum absolute atomic E-state index is 0.000213. The molecule has 8 nitrogen and oxygen atoms in total. The average molecular weight is 480 g/mol. The van der Waals surface area contributed by atoms with Gasteiger partial charge in [-0.15, -0.1) is 0 Å². The zero-order chi connectivity index (χ0) is 24.0. The number of amides is 2. The molecule has 3 rings (SSSR count). The van der Waals surface area contributed by atoms with Crippen LogP contribution in [-0.4, -0.2) is 68.8 Å². The van der Waals surface area contributed by atoms with Crippen LogP contribution in [0.4, 0.5) is 0 Å². The number of hydrogen-bond acceptors (Lipinski definition) is 5. The zero-order valence-corrected chi connectivity index (χ0v) is 20.8. The van der Waals surface area contributed by atoms with E-state index in [9.17, 15) is 18.0 Å². The van der Waals surface area contributed by atoms with Crippen molar-refractivity contribution >= 4 is 21.8 Å². The maximum absolute atomic E-state index is 13.1. The first kappa shape index (κ1) is 25.5. The fraction of sp³-hybridized carbons (Fsp3) is 0.667. The number of carbonyl (C=O) groups excluding carboxylic acids is 2. The van der Waals surface area contributed by atoms with Crippen molar-refractivity contribution in [3.8, 4) is 5.75 Å². The second-order valence-electron chi connectivity index (χ2n) is 9.32. The van der Waals surface area contributed by atoms with Crippen molar-refractivity contribution in [2.75, 3.05) is 33.3 Å². The van der Waals surface area contributed by atoms with Gasteiger partial charge in [-0.1, -0.05) is 26.7 Å². The fourth-order valence-corrected chi connectivity index (χ4v) is 6.00. The van der Waals surface area contributed by atoms with Gasteiger partial charge in [0.1, 0.15) is 11.8 Å². The van der Waals surface area contributed by atoms with Gasteiger partial charge in [0, 0.05) is 32.1 Å². The number of carbonyl (C=O) groups is 2. The van der Waals surface area contributed by atoms with Gasteiger partial charge in [-0.2, -0.15) is 4.31 Å². The van der Waals surface area contributed by atoms with Crippen LogP contribution in [0.2, 0.25) is 0 Å². The van der Waals surface area contributed by atoms with Crippen LogP contribution in [0, 0.1) is 11.8 Å². The number of methoxy groups -OCH3 is 1. The molecular formula is C24H37N3O5S. The van der Waals surface area contributed by atoms with E-state index in [2.05, 4.69) is 5.32 Å². The number of piperidine rings is 1. The summed E-state index contributed by atoms with van der Waals surface area (Å²) in [5.41, 5.74) is 0. The molecule has 2 heterocycles. The van der Waals surface area contributed by atoms with Crippen LogP contribution in [0.1, 0.15) is 52.4 Å². The molecule has 2 aliphatic rings. The summed E-state index contributed by atoms with van der Waals surface area (Å²) >= 11 is 0. The van der Waals surface area contributed by atoms with Crippen LogP contribution in [0.15, 0.2) is 29.2 Å². The third-order valence-corrected chi connectivity index (χ3v) is 8.58. The number of nitrogens with zero attached hydrogens (tertiary/aromatic N) is 2. The average Bonchev–Trinajstić information content (AvgIpc) is 3.11. The van der Waals surface area contributed by atoms with Gasteiger partial charge >= 0.3 is 0 Å². The Morgan fingerprint density at radius 3 is 2.06 bits per heavy atom. The molecule has 0 aromatic heterocycles. The van der Waals surface area contributed by atoms with Gasteiger partial charge in [-0.05, 0) is 55.9 Å². The fourth-order valence-electron chi connectivity index (χ4n) is 4.53. The summed E-state index contributed by atoms with van der Waals surface area (Å²) < 4.78 is 32.4. The Morgan fingerprint density at radius 2 is 1.55 bits per heavy atom. The third-order valence-electron chi connectivity index (χ3n) is 6.67.